The van der Waals surface area contributed by atoms with E-state index in [9.17, 15) is 27.6 Å². The van der Waals surface area contributed by atoms with Crippen LogP contribution in [0.2, 0.25) is 0 Å². The number of carbonyl (C=O) groups is 2. The second-order valence-electron chi connectivity index (χ2n) is 6.17. The molecule has 1 fully saturated rings. The van der Waals surface area contributed by atoms with Crippen molar-refractivity contribution in [1.29, 1.82) is 0 Å². The molecule has 144 valence electrons. The Morgan fingerprint density at radius 2 is 1.88 bits per heavy atom. The summed E-state index contributed by atoms with van der Waals surface area (Å²) in [6, 6.07) is 1.43. The van der Waals surface area contributed by atoms with E-state index in [4.69, 9.17) is 4.74 Å². The maximum Gasteiger partial charge on any atom is 0.431 e. The van der Waals surface area contributed by atoms with Gasteiger partial charge in [0, 0.05) is 26.1 Å². The van der Waals surface area contributed by atoms with E-state index in [0.29, 0.717) is 19.2 Å². The molecule has 1 aliphatic heterocycles. The lowest BCUT2D eigenvalue weighted by Crippen LogP contribution is -2.48. The molecule has 1 saturated heterocycles. The third-order valence-electron chi connectivity index (χ3n) is 3.86. The number of morpholine rings is 1. The van der Waals surface area contributed by atoms with Gasteiger partial charge in [0.2, 0.25) is 5.91 Å². The molecule has 2 atom stereocenters. The number of aromatic amines is 1. The third kappa shape index (κ3) is 5.07. The summed E-state index contributed by atoms with van der Waals surface area (Å²) in [4.78, 5) is 39.0. The zero-order chi connectivity index (χ0) is 19.5. The molecule has 0 aliphatic carbocycles. The number of hydrogen-bond donors (Lipinski definition) is 2. The highest BCUT2D eigenvalue weighted by molar-refractivity contribution is 5.94. The van der Waals surface area contributed by atoms with E-state index in [-0.39, 0.29) is 31.1 Å². The monoisotopic (exact) mass is 375 g/mol. The topological polar surface area (TPSA) is 91.5 Å². The first-order chi connectivity index (χ1) is 12.1. The molecule has 1 aliphatic rings. The average Bonchev–Trinajstić information content (AvgIpc) is 2.52. The van der Waals surface area contributed by atoms with E-state index in [1.165, 1.54) is 0 Å². The summed E-state index contributed by atoms with van der Waals surface area (Å²) in [5.41, 5.74) is -2.82. The molecule has 10 heteroatoms. The predicted molar refractivity (Wildman–Crippen MR) is 85.6 cm³/mol. The highest BCUT2D eigenvalue weighted by Crippen LogP contribution is 2.26. The van der Waals surface area contributed by atoms with E-state index in [1.807, 2.05) is 13.8 Å². The zero-order valence-corrected chi connectivity index (χ0v) is 14.4. The molecule has 1 aromatic rings. The number of carbonyl (C=O) groups excluding carboxylic acids is 2. The summed E-state index contributed by atoms with van der Waals surface area (Å²) < 4.78 is 43.0. The molecule has 2 N–H and O–H groups in total. The number of amides is 2. The lowest BCUT2D eigenvalue weighted by molar-refractivity contribution is -0.143. The quantitative estimate of drug-likeness (QED) is 0.826. The first kappa shape index (κ1) is 20.0. The molecule has 7 nitrogen and oxygen atoms in total. The molecule has 1 aromatic heterocycles. The fourth-order valence-corrected chi connectivity index (χ4v) is 2.74. The van der Waals surface area contributed by atoms with Crippen molar-refractivity contribution in [2.75, 3.05) is 19.6 Å². The van der Waals surface area contributed by atoms with Gasteiger partial charge in [-0.15, -0.1) is 0 Å². The van der Waals surface area contributed by atoms with Crippen molar-refractivity contribution >= 4 is 11.8 Å². The van der Waals surface area contributed by atoms with E-state index in [0.717, 1.165) is 6.07 Å². The SMILES string of the molecule is CC1CN(C(=O)CCNC(=O)c2ccc(C(F)(F)F)[nH]c2=O)CC(C)O1. The van der Waals surface area contributed by atoms with Crippen LogP contribution in [0.3, 0.4) is 0 Å². The average molecular weight is 375 g/mol. The maximum atomic E-state index is 12.5. The van der Waals surface area contributed by atoms with Gasteiger partial charge in [0.05, 0.1) is 12.2 Å². The molecule has 2 unspecified atom stereocenters. The van der Waals surface area contributed by atoms with Crippen molar-refractivity contribution in [3.8, 4) is 0 Å². The highest BCUT2D eigenvalue weighted by atomic mass is 19.4. The normalized spacial score (nSPS) is 20.7. The van der Waals surface area contributed by atoms with Gasteiger partial charge in [0.1, 0.15) is 11.3 Å². The fraction of sp³-hybridized carbons (Fsp3) is 0.562. The second-order valence-corrected chi connectivity index (χ2v) is 6.17. The first-order valence-corrected chi connectivity index (χ1v) is 8.10. The molecule has 2 heterocycles. The van der Waals surface area contributed by atoms with Gasteiger partial charge < -0.3 is 19.9 Å². The van der Waals surface area contributed by atoms with Crippen molar-refractivity contribution in [3.05, 3.63) is 33.7 Å². The Bertz CT molecular complexity index is 722. The maximum absolute atomic E-state index is 12.5. The molecular formula is C16H20F3N3O4. The van der Waals surface area contributed by atoms with E-state index in [1.54, 1.807) is 9.88 Å². The van der Waals surface area contributed by atoms with Crippen molar-refractivity contribution in [3.63, 3.8) is 0 Å². The summed E-state index contributed by atoms with van der Waals surface area (Å²) in [5.74, 6) is -1.01. The number of H-pyrrole nitrogens is 1. The number of aromatic nitrogens is 1. The second kappa shape index (κ2) is 7.90. The molecule has 0 bridgehead atoms. The van der Waals surface area contributed by atoms with Crippen molar-refractivity contribution in [1.82, 2.24) is 15.2 Å². The largest absolute Gasteiger partial charge is 0.431 e. The van der Waals surface area contributed by atoms with E-state index in [2.05, 4.69) is 5.32 Å². The van der Waals surface area contributed by atoms with Crippen LogP contribution in [0.25, 0.3) is 0 Å². The predicted octanol–water partition coefficient (Wildman–Crippen LogP) is 1.15. The van der Waals surface area contributed by atoms with Crippen LogP contribution in [-0.4, -0.2) is 53.5 Å². The van der Waals surface area contributed by atoms with Crippen LogP contribution < -0.4 is 10.9 Å². The molecule has 0 radical (unpaired) electrons. The minimum atomic E-state index is -4.70. The first-order valence-electron chi connectivity index (χ1n) is 8.10. The Morgan fingerprint density at radius 1 is 1.27 bits per heavy atom. The van der Waals surface area contributed by atoms with Crippen LogP contribution in [0.1, 0.15) is 36.3 Å². The van der Waals surface area contributed by atoms with Gasteiger partial charge in [0.15, 0.2) is 0 Å². The number of nitrogens with zero attached hydrogens (tertiary/aromatic N) is 1. The Morgan fingerprint density at radius 3 is 2.42 bits per heavy atom. The van der Waals surface area contributed by atoms with Crippen molar-refractivity contribution < 1.29 is 27.5 Å². The van der Waals surface area contributed by atoms with E-state index >= 15 is 0 Å². The van der Waals surface area contributed by atoms with Gasteiger partial charge in [-0.2, -0.15) is 13.2 Å². The molecule has 2 amide bonds. The van der Waals surface area contributed by atoms with Gasteiger partial charge >= 0.3 is 6.18 Å². The Balaban J connectivity index is 1.89. The molecule has 0 aromatic carbocycles. The fourth-order valence-electron chi connectivity index (χ4n) is 2.74. The molecule has 0 saturated carbocycles. The van der Waals surface area contributed by atoms with Gasteiger partial charge in [0.25, 0.3) is 11.5 Å². The van der Waals surface area contributed by atoms with Crippen LogP contribution in [0.5, 0.6) is 0 Å². The van der Waals surface area contributed by atoms with Gasteiger partial charge in [-0.05, 0) is 26.0 Å². The molecule has 26 heavy (non-hydrogen) atoms. The number of rotatable bonds is 4. The van der Waals surface area contributed by atoms with Gasteiger partial charge in [-0.25, -0.2) is 0 Å². The van der Waals surface area contributed by atoms with Crippen LogP contribution in [0.4, 0.5) is 13.2 Å². The Kier molecular flexibility index (Phi) is 6.06. The number of nitrogens with one attached hydrogen (secondary N) is 2. The third-order valence-corrected chi connectivity index (χ3v) is 3.86. The summed E-state index contributed by atoms with van der Waals surface area (Å²) in [6.07, 6.45) is -4.84. The van der Waals surface area contributed by atoms with E-state index < -0.39 is 28.9 Å². The minimum absolute atomic E-state index is 0.0176. The summed E-state index contributed by atoms with van der Waals surface area (Å²) in [7, 11) is 0. The summed E-state index contributed by atoms with van der Waals surface area (Å²) in [6.45, 7) is 4.59. The van der Waals surface area contributed by atoms with Crippen LogP contribution >= 0.6 is 0 Å². The lowest BCUT2D eigenvalue weighted by atomic mass is 10.2. The number of alkyl halides is 3. The van der Waals surface area contributed by atoms with Crippen molar-refractivity contribution in [2.24, 2.45) is 0 Å². The van der Waals surface area contributed by atoms with Gasteiger partial charge in [-0.3, -0.25) is 14.4 Å². The Hall–Kier alpha value is -2.36. The zero-order valence-electron chi connectivity index (χ0n) is 14.4. The van der Waals surface area contributed by atoms with Crippen LogP contribution in [-0.2, 0) is 15.7 Å². The van der Waals surface area contributed by atoms with Crippen LogP contribution in [0, 0.1) is 0 Å². The summed E-state index contributed by atoms with van der Waals surface area (Å²) >= 11 is 0. The van der Waals surface area contributed by atoms with Crippen molar-refractivity contribution in [2.45, 2.75) is 38.7 Å². The Labute approximate surface area is 147 Å². The standard InChI is InChI=1S/C16H20F3N3O4/c1-9-7-22(8-10(2)26-9)13(23)5-6-20-14(24)11-3-4-12(16(17,18)19)21-15(11)25/h3-4,9-10H,5-8H2,1-2H3,(H,20,24)(H,21,25). The number of hydrogen-bond acceptors (Lipinski definition) is 4. The van der Waals surface area contributed by atoms with Gasteiger partial charge in [-0.1, -0.05) is 0 Å². The number of halogens is 3. The summed E-state index contributed by atoms with van der Waals surface area (Å²) in [5, 5.41) is 2.37. The number of ether oxygens (including phenoxy) is 1. The minimum Gasteiger partial charge on any atom is -0.372 e. The smallest absolute Gasteiger partial charge is 0.372 e. The highest BCUT2D eigenvalue weighted by Gasteiger charge is 2.32. The number of pyridine rings is 1. The lowest BCUT2D eigenvalue weighted by Gasteiger charge is -2.35. The van der Waals surface area contributed by atoms with Crippen LogP contribution in [0.15, 0.2) is 16.9 Å². The molecule has 0 spiro atoms. The molecule has 2 rings (SSSR count). The molecular weight excluding hydrogens is 355 g/mol.